The number of anilines is 1. The Morgan fingerprint density at radius 3 is 2.38 bits per heavy atom. The first-order valence-corrected chi connectivity index (χ1v) is 8.71. The van der Waals surface area contributed by atoms with Gasteiger partial charge in [0.05, 0.1) is 5.69 Å². The van der Waals surface area contributed by atoms with E-state index in [4.69, 9.17) is 5.73 Å². The summed E-state index contributed by atoms with van der Waals surface area (Å²) < 4.78 is 25.8. The average molecular weight is 322 g/mol. The van der Waals surface area contributed by atoms with Gasteiger partial charge in [0.25, 0.3) is 0 Å². The summed E-state index contributed by atoms with van der Waals surface area (Å²) in [5.41, 5.74) is 8.52. The third kappa shape index (κ3) is 3.58. The van der Waals surface area contributed by atoms with Crippen LogP contribution in [0.1, 0.15) is 11.1 Å². The number of benzene rings is 2. The molecule has 0 heterocycles. The number of sulfonamides is 1. The summed E-state index contributed by atoms with van der Waals surface area (Å²) in [5.74, 6) is 0. The summed E-state index contributed by atoms with van der Waals surface area (Å²) in [4.78, 5) is 2.15. The molecule has 0 fully saturated rings. The minimum Gasteiger partial charge on any atom is -0.398 e. The van der Waals surface area contributed by atoms with Gasteiger partial charge in [-0.15, -0.1) is 0 Å². The first-order valence-electron chi connectivity index (χ1n) is 6.41. The predicted octanol–water partition coefficient (Wildman–Crippen LogP) is 2.94. The molecule has 0 amide bonds. The lowest BCUT2D eigenvalue weighted by Gasteiger charge is -2.10. The first-order chi connectivity index (χ1) is 9.83. The van der Waals surface area contributed by atoms with Crippen LogP contribution >= 0.6 is 11.8 Å². The third-order valence-electron chi connectivity index (χ3n) is 3.10. The van der Waals surface area contributed by atoms with Gasteiger partial charge in [0.2, 0.25) is 10.0 Å². The second kappa shape index (κ2) is 6.09. The van der Waals surface area contributed by atoms with Crippen molar-refractivity contribution < 1.29 is 8.42 Å². The number of hydrogen-bond donors (Lipinski definition) is 2. The van der Waals surface area contributed by atoms with Gasteiger partial charge in [-0.1, -0.05) is 29.5 Å². The van der Waals surface area contributed by atoms with Crippen LogP contribution in [0.2, 0.25) is 0 Å². The molecule has 2 rings (SSSR count). The second-order valence-corrected chi connectivity index (χ2v) is 7.75. The molecule has 0 atom stereocenters. The molecule has 0 aliphatic carbocycles. The Hall–Kier alpha value is -1.50. The van der Waals surface area contributed by atoms with Gasteiger partial charge in [-0.05, 0) is 50.7 Å². The monoisotopic (exact) mass is 322 g/mol. The van der Waals surface area contributed by atoms with Gasteiger partial charge in [0, 0.05) is 9.79 Å². The first kappa shape index (κ1) is 15.9. The van der Waals surface area contributed by atoms with Crippen molar-refractivity contribution in [3.05, 3.63) is 47.5 Å². The molecule has 21 heavy (non-hydrogen) atoms. The highest BCUT2D eigenvalue weighted by molar-refractivity contribution is 7.99. The van der Waals surface area contributed by atoms with E-state index in [0.29, 0.717) is 0 Å². The number of nitrogen functional groups attached to an aromatic ring is 1. The molecule has 2 aromatic rings. The molecule has 2 aromatic carbocycles. The molecule has 0 spiro atoms. The van der Waals surface area contributed by atoms with E-state index in [9.17, 15) is 8.42 Å². The molecule has 0 aliphatic rings. The number of rotatable bonds is 4. The van der Waals surface area contributed by atoms with Crippen molar-refractivity contribution in [1.82, 2.24) is 4.72 Å². The molecule has 0 radical (unpaired) electrons. The molecule has 0 aliphatic heterocycles. The zero-order valence-electron chi connectivity index (χ0n) is 12.2. The molecule has 0 bridgehead atoms. The fraction of sp³-hybridized carbons (Fsp3) is 0.200. The molecular formula is C15H18N2O2S2. The largest absolute Gasteiger partial charge is 0.398 e. The van der Waals surface area contributed by atoms with Gasteiger partial charge >= 0.3 is 0 Å². The average Bonchev–Trinajstić information content (AvgIpc) is 2.42. The smallest absolute Gasteiger partial charge is 0.242 e. The predicted molar refractivity (Wildman–Crippen MR) is 87.1 cm³/mol. The molecule has 6 heteroatoms. The van der Waals surface area contributed by atoms with E-state index in [-0.39, 0.29) is 10.6 Å². The summed E-state index contributed by atoms with van der Waals surface area (Å²) >= 11 is 1.57. The lowest BCUT2D eigenvalue weighted by atomic mass is 10.2. The SMILES string of the molecule is CNS(=O)(=O)c1ccc(Sc2ccc(C)cc2C)cc1N. The van der Waals surface area contributed by atoms with Crippen LogP contribution in [0.25, 0.3) is 0 Å². The number of nitrogens with two attached hydrogens (primary N) is 1. The van der Waals surface area contributed by atoms with Crippen molar-refractivity contribution in [3.63, 3.8) is 0 Å². The van der Waals surface area contributed by atoms with E-state index >= 15 is 0 Å². The second-order valence-electron chi connectivity index (χ2n) is 4.78. The Balaban J connectivity index is 2.33. The summed E-state index contributed by atoms with van der Waals surface area (Å²) in [5, 5.41) is 0. The molecule has 112 valence electrons. The molecule has 0 saturated carbocycles. The van der Waals surface area contributed by atoms with Crippen molar-refractivity contribution in [1.29, 1.82) is 0 Å². The van der Waals surface area contributed by atoms with Gasteiger partial charge in [0.1, 0.15) is 4.90 Å². The molecule has 3 N–H and O–H groups in total. The van der Waals surface area contributed by atoms with Gasteiger partial charge in [-0.25, -0.2) is 13.1 Å². The highest BCUT2D eigenvalue weighted by Gasteiger charge is 2.15. The van der Waals surface area contributed by atoms with E-state index in [1.807, 2.05) is 0 Å². The van der Waals surface area contributed by atoms with E-state index in [0.717, 1.165) is 9.79 Å². The maximum Gasteiger partial charge on any atom is 0.242 e. The van der Waals surface area contributed by atoms with E-state index in [1.165, 1.54) is 24.2 Å². The molecule has 0 aromatic heterocycles. The van der Waals surface area contributed by atoms with Crippen molar-refractivity contribution in [2.24, 2.45) is 0 Å². The lowest BCUT2D eigenvalue weighted by Crippen LogP contribution is -2.19. The van der Waals surface area contributed by atoms with Gasteiger partial charge in [0.15, 0.2) is 0 Å². The number of hydrogen-bond acceptors (Lipinski definition) is 4. The van der Waals surface area contributed by atoms with Gasteiger partial charge in [-0.2, -0.15) is 0 Å². The summed E-state index contributed by atoms with van der Waals surface area (Å²) in [6, 6.07) is 11.2. The van der Waals surface area contributed by atoms with Crippen LogP contribution in [0.15, 0.2) is 51.1 Å². The molecule has 4 nitrogen and oxygen atoms in total. The Kier molecular flexibility index (Phi) is 4.61. The van der Waals surface area contributed by atoms with Crippen molar-refractivity contribution in [3.8, 4) is 0 Å². The highest BCUT2D eigenvalue weighted by Crippen LogP contribution is 2.33. The number of nitrogens with one attached hydrogen (secondary N) is 1. The zero-order valence-corrected chi connectivity index (χ0v) is 13.8. The van der Waals surface area contributed by atoms with Crippen LogP contribution in [0.5, 0.6) is 0 Å². The minimum absolute atomic E-state index is 0.106. The Labute approximate surface area is 129 Å². The summed E-state index contributed by atoms with van der Waals surface area (Å²) in [6.45, 7) is 4.11. The zero-order chi connectivity index (χ0) is 15.6. The Morgan fingerprint density at radius 2 is 1.81 bits per heavy atom. The van der Waals surface area contributed by atoms with Crippen LogP contribution < -0.4 is 10.5 Å². The van der Waals surface area contributed by atoms with E-state index < -0.39 is 10.0 Å². The normalized spacial score (nSPS) is 11.6. The molecule has 0 unspecified atom stereocenters. The minimum atomic E-state index is -3.52. The maximum absolute atomic E-state index is 11.8. The lowest BCUT2D eigenvalue weighted by molar-refractivity contribution is 0.588. The van der Waals surface area contributed by atoms with Crippen LogP contribution in [0.4, 0.5) is 5.69 Å². The third-order valence-corrected chi connectivity index (χ3v) is 5.75. The van der Waals surface area contributed by atoms with Crippen LogP contribution in [0.3, 0.4) is 0 Å². The van der Waals surface area contributed by atoms with Crippen LogP contribution in [0, 0.1) is 13.8 Å². The Morgan fingerprint density at radius 1 is 1.10 bits per heavy atom. The van der Waals surface area contributed by atoms with E-state index in [2.05, 4.69) is 36.8 Å². The fourth-order valence-corrected chi connectivity index (χ4v) is 3.75. The van der Waals surface area contributed by atoms with E-state index in [1.54, 1.807) is 23.9 Å². The van der Waals surface area contributed by atoms with Gasteiger partial charge < -0.3 is 5.73 Å². The highest BCUT2D eigenvalue weighted by atomic mass is 32.2. The Bertz CT molecular complexity index is 771. The van der Waals surface area contributed by atoms with Crippen LogP contribution in [-0.4, -0.2) is 15.5 Å². The topological polar surface area (TPSA) is 72.2 Å². The summed E-state index contributed by atoms with van der Waals surface area (Å²) in [7, 11) is -2.15. The van der Waals surface area contributed by atoms with Crippen molar-refractivity contribution in [2.45, 2.75) is 28.5 Å². The molecular weight excluding hydrogens is 304 g/mol. The fourth-order valence-electron chi connectivity index (χ4n) is 1.99. The quantitative estimate of drug-likeness (QED) is 0.849. The van der Waals surface area contributed by atoms with Gasteiger partial charge in [-0.3, -0.25) is 0 Å². The number of aryl methyl sites for hydroxylation is 2. The molecule has 0 saturated heterocycles. The standard InChI is InChI=1S/C15H18N2O2S2/c1-10-4-6-14(11(2)8-10)20-12-5-7-15(13(16)9-12)21(18,19)17-3/h4-9,17H,16H2,1-3H3. The summed E-state index contributed by atoms with van der Waals surface area (Å²) in [6.07, 6.45) is 0. The van der Waals surface area contributed by atoms with Crippen molar-refractivity contribution >= 4 is 27.5 Å². The maximum atomic E-state index is 11.8. The van der Waals surface area contributed by atoms with Crippen LogP contribution in [-0.2, 0) is 10.0 Å². The van der Waals surface area contributed by atoms with Crippen molar-refractivity contribution in [2.75, 3.05) is 12.8 Å².